The van der Waals surface area contributed by atoms with E-state index in [9.17, 15) is 4.46 Å². The molecule has 1 N–H and O–H groups in total. The fraction of sp³-hybridized carbons (Fsp3) is 0. The summed E-state index contributed by atoms with van der Waals surface area (Å²) in [7, 11) is -2.59. The Balaban J connectivity index is 2.93. The van der Waals surface area contributed by atoms with Gasteiger partial charge in [0.1, 0.15) is 0 Å². The Labute approximate surface area is 47.3 Å². The van der Waals surface area contributed by atoms with Crippen molar-refractivity contribution in [2.24, 2.45) is 0 Å². The van der Waals surface area contributed by atoms with Crippen LogP contribution in [-0.2, 0) is 4.46 Å². The number of hydrogen-bond acceptors (Lipinski definition) is 2. The number of furan rings is 1. The van der Waals surface area contributed by atoms with E-state index in [4.69, 9.17) is 4.80 Å². The monoisotopic (exact) mass is 128 g/mol. The van der Waals surface area contributed by atoms with Crippen LogP contribution in [0.3, 0.4) is 0 Å². The lowest BCUT2D eigenvalue weighted by atomic mass is 10.7. The summed E-state index contributed by atoms with van der Waals surface area (Å²) in [6, 6.07) is 3.05. The first-order valence-electron chi connectivity index (χ1n) is 2.07. The summed E-state index contributed by atoms with van der Waals surface area (Å²) in [4.78, 5) is 8.37. The van der Waals surface area contributed by atoms with Gasteiger partial charge >= 0.3 is 8.93 Å². The van der Waals surface area contributed by atoms with Crippen LogP contribution < -0.4 is 5.38 Å². The van der Waals surface area contributed by atoms with Crippen LogP contribution in [-0.4, -0.2) is 13.7 Å². The molecule has 0 aliphatic rings. The van der Waals surface area contributed by atoms with Gasteiger partial charge in [-0.1, -0.05) is 0 Å². The van der Waals surface area contributed by atoms with Crippen molar-refractivity contribution in [1.29, 1.82) is 0 Å². The van der Waals surface area contributed by atoms with Gasteiger partial charge in [0.2, 0.25) is 0 Å². The Morgan fingerprint density at radius 3 is 2.75 bits per heavy atom. The predicted octanol–water partition coefficient (Wildman–Crippen LogP) is -0.602. The highest BCUT2D eigenvalue weighted by atomic mass is 28.3. The van der Waals surface area contributed by atoms with Gasteiger partial charge in [-0.25, -0.2) is 0 Å². The van der Waals surface area contributed by atoms with Crippen LogP contribution in [0.4, 0.5) is 0 Å². The van der Waals surface area contributed by atoms with Gasteiger partial charge in [0, 0.05) is 0 Å². The van der Waals surface area contributed by atoms with Gasteiger partial charge in [-0.2, -0.15) is 0 Å². The molecule has 0 amide bonds. The van der Waals surface area contributed by atoms with Gasteiger partial charge in [-0.15, -0.1) is 0 Å². The molecular weight excluding hydrogens is 124 g/mol. The Morgan fingerprint density at radius 2 is 2.50 bits per heavy atom. The first-order valence-corrected chi connectivity index (χ1v) is 3.43. The molecule has 0 aliphatic heterocycles. The Hall–Kier alpha value is -0.903. The molecule has 0 aromatic carbocycles. The second-order valence-corrected chi connectivity index (χ2v) is 2.39. The van der Waals surface area contributed by atoms with Crippen LogP contribution in [0.1, 0.15) is 0 Å². The smallest absolute Gasteiger partial charge is 0.535 e. The largest absolute Gasteiger partial charge is 0.575 e. The minimum atomic E-state index is -2.59. The summed E-state index contributed by atoms with van der Waals surface area (Å²) >= 11 is 0. The van der Waals surface area contributed by atoms with Crippen molar-refractivity contribution < 1.29 is 13.7 Å². The zero-order chi connectivity index (χ0) is 5.98. The quantitative estimate of drug-likeness (QED) is 0.514. The summed E-state index contributed by atoms with van der Waals surface area (Å²) in [6.07, 6.45) is 1.37. The number of rotatable bonds is 1. The molecule has 4 heteroatoms. The summed E-state index contributed by atoms with van der Waals surface area (Å²) in [5, 5.41) is 0.162. The standard InChI is InChI=1S/C4H4O3Si/c5-8(6)4-2-1-3-7-4/h1-3,5H. The van der Waals surface area contributed by atoms with Crippen molar-refractivity contribution in [1.82, 2.24) is 0 Å². The topological polar surface area (TPSA) is 50.4 Å². The molecule has 1 aromatic rings. The van der Waals surface area contributed by atoms with Gasteiger partial charge < -0.3 is 13.7 Å². The van der Waals surface area contributed by atoms with E-state index < -0.39 is 8.93 Å². The summed E-state index contributed by atoms with van der Waals surface area (Å²) in [6.45, 7) is 0. The predicted molar refractivity (Wildman–Crippen MR) is 27.0 cm³/mol. The molecule has 1 aromatic heterocycles. The van der Waals surface area contributed by atoms with Crippen molar-refractivity contribution in [2.75, 3.05) is 0 Å². The van der Waals surface area contributed by atoms with Gasteiger partial charge in [-0.3, -0.25) is 0 Å². The molecule has 0 radical (unpaired) electrons. The summed E-state index contributed by atoms with van der Waals surface area (Å²) in [5.41, 5.74) is 0. The molecule has 0 atom stereocenters. The van der Waals surface area contributed by atoms with E-state index in [-0.39, 0.29) is 5.38 Å². The maximum Gasteiger partial charge on any atom is 0.575 e. The normalized spacial score (nSPS) is 9.00. The average Bonchev–Trinajstić information content (AvgIpc) is 2.12. The van der Waals surface area contributed by atoms with Crippen LogP contribution in [0.25, 0.3) is 0 Å². The molecule has 0 fully saturated rings. The van der Waals surface area contributed by atoms with E-state index in [2.05, 4.69) is 4.42 Å². The molecule has 0 bridgehead atoms. The molecule has 0 aliphatic carbocycles. The average molecular weight is 128 g/mol. The molecular formula is C4H4O3Si. The van der Waals surface area contributed by atoms with Crippen molar-refractivity contribution in [3.8, 4) is 0 Å². The Morgan fingerprint density at radius 1 is 1.75 bits per heavy atom. The lowest BCUT2D eigenvalue weighted by Crippen LogP contribution is -2.17. The lowest BCUT2D eigenvalue weighted by molar-refractivity contribution is 0.446. The zero-order valence-corrected chi connectivity index (χ0v) is 5.00. The minimum Gasteiger partial charge on any atom is -0.535 e. The molecule has 0 spiro atoms. The van der Waals surface area contributed by atoms with E-state index >= 15 is 0 Å². The third-order valence-corrected chi connectivity index (χ3v) is 1.44. The lowest BCUT2D eigenvalue weighted by Gasteiger charge is -1.76. The zero-order valence-electron chi connectivity index (χ0n) is 4.00. The second kappa shape index (κ2) is 1.91. The van der Waals surface area contributed by atoms with Crippen LogP contribution in [0.5, 0.6) is 0 Å². The fourth-order valence-electron chi connectivity index (χ4n) is 0.400. The third kappa shape index (κ3) is 0.839. The van der Waals surface area contributed by atoms with Gasteiger partial charge in [0.25, 0.3) is 0 Å². The fourth-order valence-corrected chi connectivity index (χ4v) is 0.808. The summed E-state index contributed by atoms with van der Waals surface area (Å²) < 4.78 is 14.7. The van der Waals surface area contributed by atoms with E-state index in [0.717, 1.165) is 0 Å². The van der Waals surface area contributed by atoms with E-state index in [0.29, 0.717) is 0 Å². The highest BCUT2D eigenvalue weighted by Crippen LogP contribution is 1.79. The molecule has 0 saturated carbocycles. The SMILES string of the molecule is O=[Si](O)c1ccco1. The molecule has 3 nitrogen and oxygen atoms in total. The van der Waals surface area contributed by atoms with Crippen molar-refractivity contribution >= 4 is 14.3 Å². The molecule has 1 rings (SSSR count). The van der Waals surface area contributed by atoms with Gasteiger partial charge in [0.05, 0.1) is 6.26 Å². The first kappa shape index (κ1) is 5.24. The van der Waals surface area contributed by atoms with E-state index in [1.165, 1.54) is 12.3 Å². The minimum absolute atomic E-state index is 0.162. The van der Waals surface area contributed by atoms with E-state index in [1.54, 1.807) is 6.07 Å². The van der Waals surface area contributed by atoms with Crippen LogP contribution in [0, 0.1) is 0 Å². The van der Waals surface area contributed by atoms with Crippen molar-refractivity contribution in [3.63, 3.8) is 0 Å². The third-order valence-electron chi connectivity index (χ3n) is 0.732. The van der Waals surface area contributed by atoms with Crippen LogP contribution in [0.2, 0.25) is 0 Å². The highest BCUT2D eigenvalue weighted by molar-refractivity contribution is 6.50. The first-order chi connectivity index (χ1) is 3.80. The van der Waals surface area contributed by atoms with Gasteiger partial charge in [-0.05, 0) is 12.1 Å². The maximum absolute atomic E-state index is 10.2. The molecule has 42 valence electrons. The molecule has 0 saturated heterocycles. The van der Waals surface area contributed by atoms with E-state index in [1.807, 2.05) is 0 Å². The second-order valence-electron chi connectivity index (χ2n) is 1.28. The molecule has 1 heterocycles. The molecule has 8 heavy (non-hydrogen) atoms. The Kier molecular flexibility index (Phi) is 1.25. The van der Waals surface area contributed by atoms with Crippen LogP contribution >= 0.6 is 0 Å². The molecule has 0 unspecified atom stereocenters. The van der Waals surface area contributed by atoms with Gasteiger partial charge in [0.15, 0.2) is 5.38 Å². The highest BCUT2D eigenvalue weighted by Gasteiger charge is 2.07. The maximum atomic E-state index is 10.2. The number of hydrogen-bond donors (Lipinski definition) is 1. The van der Waals surface area contributed by atoms with Crippen molar-refractivity contribution in [3.05, 3.63) is 18.4 Å². The van der Waals surface area contributed by atoms with Crippen LogP contribution in [0.15, 0.2) is 22.8 Å². The Bertz CT molecular complexity index is 179. The van der Waals surface area contributed by atoms with Crippen molar-refractivity contribution in [2.45, 2.75) is 0 Å². The summed E-state index contributed by atoms with van der Waals surface area (Å²) in [5.74, 6) is 0.